The molecule has 0 saturated heterocycles. The van der Waals surface area contributed by atoms with E-state index in [0.717, 1.165) is 5.06 Å². The molecule has 1 aromatic rings. The second kappa shape index (κ2) is 5.77. The molecular weight excluding hydrogens is 196 g/mol. The third kappa shape index (κ3) is 3.07. The van der Waals surface area contributed by atoms with Gasteiger partial charge in [0.05, 0.1) is 19.3 Å². The van der Waals surface area contributed by atoms with E-state index >= 15 is 0 Å². The number of hydroxylamine groups is 1. The van der Waals surface area contributed by atoms with Gasteiger partial charge < -0.3 is 10.1 Å². The maximum absolute atomic E-state index is 11.5. The van der Waals surface area contributed by atoms with Crippen LogP contribution in [0.3, 0.4) is 0 Å². The Kier molecular flexibility index (Phi) is 4.30. The van der Waals surface area contributed by atoms with Gasteiger partial charge in [-0.2, -0.15) is 5.06 Å². The van der Waals surface area contributed by atoms with Gasteiger partial charge in [-0.1, -0.05) is 18.2 Å². The monoisotopic (exact) mass is 208 g/mol. The minimum absolute atomic E-state index is 0.0362. The highest BCUT2D eigenvalue weighted by Gasteiger charge is 2.13. The number of para-hydroxylation sites is 1. The molecule has 1 aromatic carbocycles. The predicted molar refractivity (Wildman–Crippen MR) is 55.4 cm³/mol. The number of hydrogen-bond acceptors (Lipinski definition) is 3. The molecule has 1 rings (SSSR count). The van der Waals surface area contributed by atoms with Crippen molar-refractivity contribution in [1.29, 1.82) is 0 Å². The van der Waals surface area contributed by atoms with Gasteiger partial charge in [0.15, 0.2) is 0 Å². The number of benzene rings is 1. The summed E-state index contributed by atoms with van der Waals surface area (Å²) in [4.78, 5) is 26.4. The maximum atomic E-state index is 11.5. The maximum Gasteiger partial charge on any atom is 0.346 e. The van der Waals surface area contributed by atoms with Crippen LogP contribution in [-0.4, -0.2) is 26.0 Å². The summed E-state index contributed by atoms with van der Waals surface area (Å²) in [5, 5.41) is 3.45. The molecular formula is C10H12N2O3. The number of anilines is 1. The SMILES string of the molecule is CON(C(=O)NCC=O)c1ccccc1. The topological polar surface area (TPSA) is 58.6 Å². The molecule has 0 saturated carbocycles. The van der Waals surface area contributed by atoms with Crippen molar-refractivity contribution in [1.82, 2.24) is 5.32 Å². The van der Waals surface area contributed by atoms with E-state index in [2.05, 4.69) is 5.32 Å². The van der Waals surface area contributed by atoms with Crippen molar-refractivity contribution in [3.8, 4) is 0 Å². The number of nitrogens with zero attached hydrogens (tertiary/aromatic N) is 1. The third-order valence-electron chi connectivity index (χ3n) is 1.69. The zero-order valence-corrected chi connectivity index (χ0v) is 8.34. The van der Waals surface area contributed by atoms with Gasteiger partial charge in [0.25, 0.3) is 0 Å². The van der Waals surface area contributed by atoms with Crippen LogP contribution in [0, 0.1) is 0 Å². The molecule has 0 aliphatic heterocycles. The largest absolute Gasteiger partial charge is 0.346 e. The molecule has 0 unspecified atom stereocenters. The van der Waals surface area contributed by atoms with Crippen molar-refractivity contribution in [3.63, 3.8) is 0 Å². The Balaban J connectivity index is 2.71. The van der Waals surface area contributed by atoms with Crippen LogP contribution < -0.4 is 10.4 Å². The molecule has 0 bridgehead atoms. The number of amides is 2. The Morgan fingerprint density at radius 3 is 2.67 bits per heavy atom. The van der Waals surface area contributed by atoms with Crippen molar-refractivity contribution < 1.29 is 14.4 Å². The van der Waals surface area contributed by atoms with E-state index < -0.39 is 6.03 Å². The summed E-state index contributed by atoms with van der Waals surface area (Å²) in [5.74, 6) is 0. The first-order valence-electron chi connectivity index (χ1n) is 4.40. The van der Waals surface area contributed by atoms with E-state index in [9.17, 15) is 9.59 Å². The Labute approximate surface area is 87.6 Å². The molecule has 0 atom stereocenters. The predicted octanol–water partition coefficient (Wildman–Crippen LogP) is 0.963. The Bertz CT molecular complexity index is 327. The van der Waals surface area contributed by atoms with E-state index in [1.807, 2.05) is 6.07 Å². The second-order valence-corrected chi connectivity index (χ2v) is 2.67. The molecule has 80 valence electrons. The smallest absolute Gasteiger partial charge is 0.329 e. The fourth-order valence-corrected chi connectivity index (χ4v) is 1.07. The van der Waals surface area contributed by atoms with E-state index in [1.54, 1.807) is 24.3 Å². The van der Waals surface area contributed by atoms with Crippen LogP contribution in [-0.2, 0) is 9.63 Å². The zero-order valence-electron chi connectivity index (χ0n) is 8.34. The molecule has 5 nitrogen and oxygen atoms in total. The van der Waals surface area contributed by atoms with Crippen molar-refractivity contribution >= 4 is 18.0 Å². The Morgan fingerprint density at radius 1 is 1.47 bits per heavy atom. The van der Waals surface area contributed by atoms with Gasteiger partial charge in [0.1, 0.15) is 6.29 Å². The molecule has 1 N–H and O–H groups in total. The fraction of sp³-hybridized carbons (Fsp3) is 0.200. The van der Waals surface area contributed by atoms with Gasteiger partial charge in [-0.3, -0.25) is 4.84 Å². The minimum atomic E-state index is -0.476. The highest BCUT2D eigenvalue weighted by molar-refractivity contribution is 5.90. The Hall–Kier alpha value is -1.88. The normalized spacial score (nSPS) is 9.40. The van der Waals surface area contributed by atoms with Crippen molar-refractivity contribution in [3.05, 3.63) is 30.3 Å². The van der Waals surface area contributed by atoms with Gasteiger partial charge in [-0.25, -0.2) is 4.79 Å². The zero-order chi connectivity index (χ0) is 11.1. The molecule has 0 aliphatic rings. The first-order chi connectivity index (χ1) is 7.29. The number of carbonyl (C=O) groups excluding carboxylic acids is 2. The number of urea groups is 1. The summed E-state index contributed by atoms with van der Waals surface area (Å²) in [6.07, 6.45) is 0.608. The summed E-state index contributed by atoms with van der Waals surface area (Å²) in [6, 6.07) is 8.38. The highest BCUT2D eigenvalue weighted by Crippen LogP contribution is 2.12. The van der Waals surface area contributed by atoms with Crippen molar-refractivity contribution in [2.24, 2.45) is 0 Å². The summed E-state index contributed by atoms with van der Waals surface area (Å²) >= 11 is 0. The summed E-state index contributed by atoms with van der Waals surface area (Å²) in [5.41, 5.74) is 0.600. The summed E-state index contributed by atoms with van der Waals surface area (Å²) in [6.45, 7) is -0.0362. The van der Waals surface area contributed by atoms with Crippen LogP contribution in [0.2, 0.25) is 0 Å². The van der Waals surface area contributed by atoms with Gasteiger partial charge in [-0.15, -0.1) is 0 Å². The fourth-order valence-electron chi connectivity index (χ4n) is 1.07. The van der Waals surface area contributed by atoms with E-state index in [4.69, 9.17) is 4.84 Å². The molecule has 0 aliphatic carbocycles. The third-order valence-corrected chi connectivity index (χ3v) is 1.69. The van der Waals surface area contributed by atoms with Gasteiger partial charge in [0.2, 0.25) is 0 Å². The molecule has 5 heteroatoms. The van der Waals surface area contributed by atoms with E-state index in [1.165, 1.54) is 7.11 Å². The first kappa shape index (κ1) is 11.2. The van der Waals surface area contributed by atoms with Crippen molar-refractivity contribution in [2.45, 2.75) is 0 Å². The average molecular weight is 208 g/mol. The van der Waals surface area contributed by atoms with Crippen LogP contribution in [0.5, 0.6) is 0 Å². The van der Waals surface area contributed by atoms with Crippen LogP contribution in [0.1, 0.15) is 0 Å². The Morgan fingerprint density at radius 2 is 2.13 bits per heavy atom. The lowest BCUT2D eigenvalue weighted by molar-refractivity contribution is -0.107. The number of hydrogen-bond donors (Lipinski definition) is 1. The highest BCUT2D eigenvalue weighted by atomic mass is 16.7. The van der Waals surface area contributed by atoms with Crippen LogP contribution in [0.15, 0.2) is 30.3 Å². The molecule has 15 heavy (non-hydrogen) atoms. The van der Waals surface area contributed by atoms with Gasteiger partial charge >= 0.3 is 6.03 Å². The van der Waals surface area contributed by atoms with Crippen LogP contribution in [0.25, 0.3) is 0 Å². The lowest BCUT2D eigenvalue weighted by Gasteiger charge is -2.19. The molecule has 0 aromatic heterocycles. The number of rotatable bonds is 4. The van der Waals surface area contributed by atoms with Crippen LogP contribution in [0.4, 0.5) is 10.5 Å². The lowest BCUT2D eigenvalue weighted by atomic mass is 10.3. The molecule has 0 heterocycles. The first-order valence-corrected chi connectivity index (χ1v) is 4.40. The minimum Gasteiger partial charge on any atom is -0.329 e. The summed E-state index contributed by atoms with van der Waals surface area (Å²) < 4.78 is 0. The summed E-state index contributed by atoms with van der Waals surface area (Å²) in [7, 11) is 1.38. The van der Waals surface area contributed by atoms with E-state index in [0.29, 0.717) is 12.0 Å². The number of carbonyl (C=O) groups is 2. The van der Waals surface area contributed by atoms with E-state index in [-0.39, 0.29) is 6.54 Å². The molecule has 0 fully saturated rings. The quantitative estimate of drug-likeness (QED) is 0.592. The number of aldehydes is 1. The van der Waals surface area contributed by atoms with Crippen LogP contribution >= 0.6 is 0 Å². The molecule has 2 amide bonds. The molecule has 0 spiro atoms. The van der Waals surface area contributed by atoms with Gasteiger partial charge in [0, 0.05) is 0 Å². The standard InChI is InChI=1S/C10H12N2O3/c1-15-12(10(14)11-7-8-13)9-5-3-2-4-6-9/h2-6,8H,7H2,1H3,(H,11,14). The lowest BCUT2D eigenvalue weighted by Crippen LogP contribution is -2.40. The number of nitrogens with one attached hydrogen (secondary N) is 1. The van der Waals surface area contributed by atoms with Gasteiger partial charge in [-0.05, 0) is 12.1 Å². The van der Waals surface area contributed by atoms with Crippen molar-refractivity contribution in [2.75, 3.05) is 18.7 Å². The molecule has 0 radical (unpaired) electrons. The second-order valence-electron chi connectivity index (χ2n) is 2.67. The average Bonchev–Trinajstić information content (AvgIpc) is 2.29.